The molecule has 0 bridgehead atoms. The highest BCUT2D eigenvalue weighted by Gasteiger charge is 2.38. The third-order valence-electron chi connectivity index (χ3n) is 4.93. The molecule has 186 valence electrons. The number of alkyl halides is 6. The number of anilines is 1. The van der Waals surface area contributed by atoms with Gasteiger partial charge < -0.3 is 0 Å². The summed E-state index contributed by atoms with van der Waals surface area (Å²) in [5, 5.41) is 11.0. The van der Waals surface area contributed by atoms with Gasteiger partial charge in [-0.15, -0.1) is 0 Å². The molecule has 0 spiro atoms. The van der Waals surface area contributed by atoms with Crippen molar-refractivity contribution in [3.8, 4) is 0 Å². The van der Waals surface area contributed by atoms with E-state index in [2.05, 4.69) is 9.97 Å². The van der Waals surface area contributed by atoms with Crippen molar-refractivity contribution < 1.29 is 36.1 Å². The number of aromatic nitrogens is 2. The summed E-state index contributed by atoms with van der Waals surface area (Å²) < 4.78 is 80.4. The molecule has 2 aromatic heterocycles. The monoisotopic (exact) mass is 526 g/mol. The summed E-state index contributed by atoms with van der Waals surface area (Å²) in [5.74, 6) is -1.19. The zero-order valence-corrected chi connectivity index (χ0v) is 18.5. The molecule has 0 saturated carbocycles. The summed E-state index contributed by atoms with van der Waals surface area (Å²) in [6.07, 6.45) is -8.89. The van der Waals surface area contributed by atoms with Gasteiger partial charge in [0.1, 0.15) is 0 Å². The van der Waals surface area contributed by atoms with Crippen molar-refractivity contribution in [2.24, 2.45) is 0 Å². The number of nitro benzene ring substituents is 1. The van der Waals surface area contributed by atoms with Gasteiger partial charge in [0, 0.05) is 23.9 Å². The largest absolute Gasteiger partial charge is 0.416 e. The smallest absolute Gasteiger partial charge is 0.278 e. The molecule has 0 radical (unpaired) electrons. The number of nitrogens with zero attached hydrogens (tertiary/aromatic N) is 4. The fourth-order valence-corrected chi connectivity index (χ4v) is 4.24. The third-order valence-corrected chi connectivity index (χ3v) is 5.97. The van der Waals surface area contributed by atoms with E-state index in [9.17, 15) is 41.3 Å². The summed E-state index contributed by atoms with van der Waals surface area (Å²) in [6.45, 7) is -0.334. The molecule has 2 aromatic carbocycles. The Morgan fingerprint density at radius 2 is 1.64 bits per heavy atom. The van der Waals surface area contributed by atoms with Gasteiger partial charge in [-0.05, 0) is 36.4 Å². The first-order valence-electron chi connectivity index (χ1n) is 9.89. The van der Waals surface area contributed by atoms with Gasteiger partial charge in [-0.1, -0.05) is 17.4 Å². The van der Waals surface area contributed by atoms with Crippen molar-refractivity contribution in [2.75, 3.05) is 4.90 Å². The Morgan fingerprint density at radius 1 is 0.972 bits per heavy atom. The maximum absolute atomic E-state index is 13.4. The Morgan fingerprint density at radius 3 is 2.19 bits per heavy atom. The van der Waals surface area contributed by atoms with Gasteiger partial charge in [-0.25, -0.2) is 4.98 Å². The normalized spacial score (nSPS) is 12.1. The first-order valence-corrected chi connectivity index (χ1v) is 10.7. The lowest BCUT2D eigenvalue weighted by atomic mass is 10.0. The van der Waals surface area contributed by atoms with Gasteiger partial charge in [0.05, 0.1) is 38.5 Å². The van der Waals surface area contributed by atoms with E-state index in [1.54, 1.807) is 12.1 Å². The molecular formula is C22H12F6N4O3S. The lowest BCUT2D eigenvalue weighted by Crippen LogP contribution is -2.31. The van der Waals surface area contributed by atoms with Crippen LogP contribution < -0.4 is 4.90 Å². The standard InChI is InChI=1S/C22H12F6N4O3S/c23-21(24,25)13-7-12(8-14(9-13)22(26,27)28)19(33)31(11-15-3-1-2-6-29-15)20-30-17-5-4-16(32(34)35)10-18(17)36-20/h1-10H,11H2. The van der Waals surface area contributed by atoms with Crippen LogP contribution in [-0.4, -0.2) is 20.8 Å². The molecule has 0 aliphatic rings. The molecule has 0 saturated heterocycles. The molecule has 1 amide bonds. The Balaban J connectivity index is 1.85. The molecule has 0 fully saturated rings. The molecule has 0 unspecified atom stereocenters. The zero-order chi connectivity index (χ0) is 26.3. The van der Waals surface area contributed by atoms with Crippen LogP contribution in [0, 0.1) is 10.1 Å². The van der Waals surface area contributed by atoms with Gasteiger partial charge in [0.25, 0.3) is 11.6 Å². The Bertz CT molecular complexity index is 1420. The van der Waals surface area contributed by atoms with E-state index in [-0.39, 0.29) is 39.3 Å². The SMILES string of the molecule is O=C(c1cc(C(F)(F)F)cc(C(F)(F)F)c1)N(Cc1ccccn1)c1nc2ccc([N+](=O)[O-])cc2s1. The topological polar surface area (TPSA) is 89.2 Å². The number of hydrogen-bond donors (Lipinski definition) is 0. The third kappa shape index (κ3) is 5.27. The van der Waals surface area contributed by atoms with Crippen LogP contribution in [0.4, 0.5) is 37.2 Å². The van der Waals surface area contributed by atoms with E-state index in [1.165, 1.54) is 30.5 Å². The predicted octanol–water partition coefficient (Wildman–Crippen LogP) is 6.48. The van der Waals surface area contributed by atoms with Gasteiger partial charge >= 0.3 is 12.4 Å². The van der Waals surface area contributed by atoms with Crippen LogP contribution >= 0.6 is 11.3 Å². The van der Waals surface area contributed by atoms with E-state index in [0.29, 0.717) is 12.1 Å². The minimum absolute atomic E-state index is 0.0727. The van der Waals surface area contributed by atoms with Gasteiger partial charge in [0.2, 0.25) is 0 Å². The van der Waals surface area contributed by atoms with Crippen molar-refractivity contribution >= 4 is 38.3 Å². The van der Waals surface area contributed by atoms with Crippen molar-refractivity contribution in [1.29, 1.82) is 0 Å². The molecule has 0 atom stereocenters. The van der Waals surface area contributed by atoms with Crippen LogP contribution in [0.5, 0.6) is 0 Å². The molecule has 0 aliphatic carbocycles. The lowest BCUT2D eigenvalue weighted by molar-refractivity contribution is -0.384. The molecule has 2 heterocycles. The fraction of sp³-hybridized carbons (Fsp3) is 0.136. The van der Waals surface area contributed by atoms with Gasteiger partial charge in [0.15, 0.2) is 5.13 Å². The summed E-state index contributed by atoms with van der Waals surface area (Å²) in [7, 11) is 0. The van der Waals surface area contributed by atoms with Crippen LogP contribution in [-0.2, 0) is 18.9 Å². The van der Waals surface area contributed by atoms with Crippen molar-refractivity contribution in [1.82, 2.24) is 9.97 Å². The second kappa shape index (κ2) is 9.18. The van der Waals surface area contributed by atoms with Crippen molar-refractivity contribution in [3.05, 3.63) is 93.3 Å². The highest BCUT2D eigenvalue weighted by atomic mass is 32.1. The maximum atomic E-state index is 13.4. The van der Waals surface area contributed by atoms with E-state index < -0.39 is 39.9 Å². The zero-order valence-electron chi connectivity index (χ0n) is 17.7. The number of pyridine rings is 1. The molecule has 4 aromatic rings. The second-order valence-electron chi connectivity index (χ2n) is 7.41. The first-order chi connectivity index (χ1) is 16.8. The lowest BCUT2D eigenvalue weighted by Gasteiger charge is -2.21. The summed E-state index contributed by atoms with van der Waals surface area (Å²) >= 11 is 0.816. The number of amides is 1. The molecular weight excluding hydrogens is 514 g/mol. The van der Waals surface area contributed by atoms with Crippen LogP contribution in [0.3, 0.4) is 0 Å². The molecule has 4 rings (SSSR count). The summed E-state index contributed by atoms with van der Waals surface area (Å²) in [6, 6.07) is 8.96. The number of thiazole rings is 1. The van der Waals surface area contributed by atoms with E-state index >= 15 is 0 Å². The maximum Gasteiger partial charge on any atom is 0.416 e. The number of halogens is 6. The number of nitro groups is 1. The van der Waals surface area contributed by atoms with E-state index in [4.69, 9.17) is 0 Å². The predicted molar refractivity (Wildman–Crippen MR) is 117 cm³/mol. The minimum Gasteiger partial charge on any atom is -0.278 e. The van der Waals surface area contributed by atoms with Crippen molar-refractivity contribution in [2.45, 2.75) is 18.9 Å². The average Bonchev–Trinajstić information content (AvgIpc) is 3.24. The molecule has 7 nitrogen and oxygen atoms in total. The number of non-ortho nitro benzene ring substituents is 1. The Hall–Kier alpha value is -4.07. The van der Waals surface area contributed by atoms with E-state index in [0.717, 1.165) is 16.2 Å². The fourth-order valence-electron chi connectivity index (χ4n) is 3.24. The molecule has 0 N–H and O–H groups in total. The number of rotatable bonds is 5. The number of benzene rings is 2. The summed E-state index contributed by atoms with van der Waals surface area (Å²) in [4.78, 5) is 33.0. The van der Waals surface area contributed by atoms with E-state index in [1.807, 2.05) is 0 Å². The number of fused-ring (bicyclic) bond motifs is 1. The van der Waals surface area contributed by atoms with Crippen molar-refractivity contribution in [3.63, 3.8) is 0 Å². The second-order valence-corrected chi connectivity index (χ2v) is 8.42. The Labute approximate surface area is 201 Å². The number of hydrogen-bond acceptors (Lipinski definition) is 6. The minimum atomic E-state index is -5.14. The summed E-state index contributed by atoms with van der Waals surface area (Å²) in [5.41, 5.74) is -3.87. The average molecular weight is 526 g/mol. The number of carbonyl (C=O) groups is 1. The van der Waals surface area contributed by atoms with Crippen LogP contribution in [0.2, 0.25) is 0 Å². The van der Waals surface area contributed by atoms with Crippen LogP contribution in [0.1, 0.15) is 27.2 Å². The first kappa shape index (κ1) is 25.0. The van der Waals surface area contributed by atoms with Crippen LogP contribution in [0.15, 0.2) is 60.8 Å². The van der Waals surface area contributed by atoms with Gasteiger partial charge in [-0.3, -0.25) is 24.8 Å². The van der Waals surface area contributed by atoms with Gasteiger partial charge in [-0.2, -0.15) is 26.3 Å². The quantitative estimate of drug-likeness (QED) is 0.169. The molecule has 36 heavy (non-hydrogen) atoms. The molecule has 14 heteroatoms. The molecule has 0 aliphatic heterocycles. The van der Waals surface area contributed by atoms with Crippen LogP contribution in [0.25, 0.3) is 10.2 Å². The Kier molecular flexibility index (Phi) is 6.39. The number of carbonyl (C=O) groups excluding carboxylic acids is 1. The highest BCUT2D eigenvalue weighted by molar-refractivity contribution is 7.22. The highest BCUT2D eigenvalue weighted by Crippen LogP contribution is 2.38.